The fourth-order valence-corrected chi connectivity index (χ4v) is 2.70. The first-order valence-corrected chi connectivity index (χ1v) is 8.30. The van der Waals surface area contributed by atoms with Crippen LogP contribution in [0.2, 0.25) is 5.02 Å². The first kappa shape index (κ1) is 17.2. The maximum absolute atomic E-state index is 12.1. The Bertz CT molecular complexity index is 767. The van der Waals surface area contributed by atoms with Gasteiger partial charge in [0.05, 0.1) is 12.1 Å². The topological polar surface area (TPSA) is 68.8 Å². The highest BCUT2D eigenvalue weighted by Crippen LogP contribution is 2.32. The molecule has 0 saturated heterocycles. The second-order valence-corrected chi connectivity index (χ2v) is 5.84. The van der Waals surface area contributed by atoms with Crippen molar-refractivity contribution in [2.24, 2.45) is 0 Å². The van der Waals surface area contributed by atoms with Crippen molar-refractivity contribution in [3.8, 4) is 17.2 Å². The van der Waals surface area contributed by atoms with Crippen molar-refractivity contribution in [3.63, 3.8) is 0 Å². The minimum atomic E-state index is -0.0937. The predicted molar refractivity (Wildman–Crippen MR) is 97.2 cm³/mol. The largest absolute Gasteiger partial charge is 0.495 e. The SMILES string of the molecule is COc1ccc(NCCC(=O)Nc2ccc3c(c2)OCCO3)cc1Cl. The average molecular weight is 363 g/mol. The van der Waals surface area contributed by atoms with E-state index < -0.39 is 0 Å². The molecule has 3 rings (SSSR count). The lowest BCUT2D eigenvalue weighted by molar-refractivity contribution is -0.115. The fourth-order valence-electron chi connectivity index (χ4n) is 2.44. The number of ether oxygens (including phenoxy) is 3. The van der Waals surface area contributed by atoms with Crippen LogP contribution in [-0.2, 0) is 4.79 Å². The summed E-state index contributed by atoms with van der Waals surface area (Å²) in [6.45, 7) is 1.54. The van der Waals surface area contributed by atoms with Gasteiger partial charge in [0, 0.05) is 30.4 Å². The summed E-state index contributed by atoms with van der Waals surface area (Å²) in [6.07, 6.45) is 0.318. The number of nitrogens with one attached hydrogen (secondary N) is 2. The number of halogens is 1. The van der Waals surface area contributed by atoms with E-state index in [9.17, 15) is 4.79 Å². The second-order valence-electron chi connectivity index (χ2n) is 5.43. The Morgan fingerprint density at radius 3 is 2.64 bits per heavy atom. The van der Waals surface area contributed by atoms with Crippen molar-refractivity contribution in [1.29, 1.82) is 0 Å². The molecule has 0 fully saturated rings. The molecule has 25 heavy (non-hydrogen) atoms. The van der Waals surface area contributed by atoms with Crippen molar-refractivity contribution < 1.29 is 19.0 Å². The van der Waals surface area contributed by atoms with Gasteiger partial charge in [-0.25, -0.2) is 0 Å². The molecule has 6 nitrogen and oxygen atoms in total. The first-order chi connectivity index (χ1) is 12.2. The van der Waals surface area contributed by atoms with Gasteiger partial charge in [-0.1, -0.05) is 11.6 Å². The molecule has 0 unspecified atom stereocenters. The lowest BCUT2D eigenvalue weighted by Gasteiger charge is -2.19. The zero-order chi connectivity index (χ0) is 17.6. The van der Waals surface area contributed by atoms with E-state index >= 15 is 0 Å². The number of methoxy groups -OCH3 is 1. The quantitative estimate of drug-likeness (QED) is 0.822. The molecule has 0 aliphatic carbocycles. The normalized spacial score (nSPS) is 12.4. The maximum Gasteiger partial charge on any atom is 0.226 e. The van der Waals surface area contributed by atoms with Crippen molar-refractivity contribution >= 4 is 28.9 Å². The Hall–Kier alpha value is -2.60. The number of fused-ring (bicyclic) bond motifs is 1. The summed E-state index contributed by atoms with van der Waals surface area (Å²) in [6, 6.07) is 10.7. The van der Waals surface area contributed by atoms with E-state index in [1.165, 1.54) is 0 Å². The van der Waals surface area contributed by atoms with Crippen molar-refractivity contribution in [3.05, 3.63) is 41.4 Å². The molecule has 2 aromatic rings. The van der Waals surface area contributed by atoms with Gasteiger partial charge in [0.2, 0.25) is 5.91 Å². The minimum absolute atomic E-state index is 0.0937. The van der Waals surface area contributed by atoms with Crippen molar-refractivity contribution in [2.45, 2.75) is 6.42 Å². The Morgan fingerprint density at radius 1 is 1.12 bits per heavy atom. The maximum atomic E-state index is 12.1. The Balaban J connectivity index is 1.49. The number of hydrogen-bond donors (Lipinski definition) is 2. The second kappa shape index (κ2) is 7.98. The van der Waals surface area contributed by atoms with Gasteiger partial charge >= 0.3 is 0 Å². The zero-order valence-electron chi connectivity index (χ0n) is 13.8. The number of rotatable bonds is 6. The van der Waals surface area contributed by atoms with Gasteiger partial charge in [-0.2, -0.15) is 0 Å². The summed E-state index contributed by atoms with van der Waals surface area (Å²) in [5.41, 5.74) is 1.51. The number of carbonyl (C=O) groups is 1. The van der Waals surface area contributed by atoms with Gasteiger partial charge in [0.15, 0.2) is 11.5 Å². The smallest absolute Gasteiger partial charge is 0.226 e. The third kappa shape index (κ3) is 4.48. The van der Waals surface area contributed by atoms with Gasteiger partial charge in [-0.15, -0.1) is 0 Å². The van der Waals surface area contributed by atoms with E-state index in [0.29, 0.717) is 54.1 Å². The number of benzene rings is 2. The molecule has 1 aliphatic rings. The van der Waals surface area contributed by atoms with E-state index in [1.807, 2.05) is 6.07 Å². The minimum Gasteiger partial charge on any atom is -0.495 e. The van der Waals surface area contributed by atoms with Gasteiger partial charge in [0.25, 0.3) is 0 Å². The molecular formula is C18H19ClN2O4. The van der Waals surface area contributed by atoms with E-state index in [0.717, 1.165) is 5.69 Å². The number of amides is 1. The Kier molecular flexibility index (Phi) is 5.50. The summed E-state index contributed by atoms with van der Waals surface area (Å²) in [7, 11) is 1.57. The Labute approximate surface area is 151 Å². The standard InChI is InChI=1S/C18H19ClN2O4/c1-23-15-4-2-12(10-14(15)19)20-7-6-18(22)21-13-3-5-16-17(11-13)25-9-8-24-16/h2-5,10-11,20H,6-9H2,1H3,(H,21,22). The highest BCUT2D eigenvalue weighted by molar-refractivity contribution is 6.32. The van der Waals surface area contributed by atoms with Crippen LogP contribution in [-0.4, -0.2) is 32.8 Å². The molecule has 0 saturated carbocycles. The van der Waals surface area contributed by atoms with E-state index in [-0.39, 0.29) is 5.91 Å². The molecule has 0 spiro atoms. The van der Waals surface area contributed by atoms with Crippen LogP contribution in [0.1, 0.15) is 6.42 Å². The monoisotopic (exact) mass is 362 g/mol. The lowest BCUT2D eigenvalue weighted by Crippen LogP contribution is -2.18. The van der Waals surface area contributed by atoms with Crippen LogP contribution in [0.5, 0.6) is 17.2 Å². The molecule has 0 atom stereocenters. The molecule has 0 bridgehead atoms. The van der Waals surface area contributed by atoms with Crippen LogP contribution in [0.4, 0.5) is 11.4 Å². The molecule has 1 amide bonds. The number of carbonyl (C=O) groups excluding carboxylic acids is 1. The zero-order valence-corrected chi connectivity index (χ0v) is 14.6. The summed E-state index contributed by atoms with van der Waals surface area (Å²) < 4.78 is 16.1. The van der Waals surface area contributed by atoms with Gasteiger partial charge in [-0.3, -0.25) is 4.79 Å². The van der Waals surface area contributed by atoms with Crippen molar-refractivity contribution in [2.75, 3.05) is 37.5 Å². The fraction of sp³-hybridized carbons (Fsp3) is 0.278. The van der Waals surface area contributed by atoms with Gasteiger partial charge in [-0.05, 0) is 30.3 Å². The van der Waals surface area contributed by atoms with Gasteiger partial charge in [0.1, 0.15) is 19.0 Å². The first-order valence-electron chi connectivity index (χ1n) is 7.92. The van der Waals surface area contributed by atoms with Crippen LogP contribution in [0, 0.1) is 0 Å². The third-order valence-corrected chi connectivity index (χ3v) is 3.95. The highest BCUT2D eigenvalue weighted by Gasteiger charge is 2.12. The van der Waals surface area contributed by atoms with Crippen LogP contribution in [0.25, 0.3) is 0 Å². The summed E-state index contributed by atoms with van der Waals surface area (Å²) >= 11 is 6.07. The van der Waals surface area contributed by atoms with Crippen molar-refractivity contribution in [1.82, 2.24) is 0 Å². The molecule has 1 aliphatic heterocycles. The van der Waals surface area contributed by atoms with Crippen LogP contribution >= 0.6 is 11.6 Å². The molecule has 132 valence electrons. The average Bonchev–Trinajstić information content (AvgIpc) is 2.62. The molecule has 7 heteroatoms. The van der Waals surface area contributed by atoms with Crippen LogP contribution in [0.15, 0.2) is 36.4 Å². The Morgan fingerprint density at radius 2 is 1.88 bits per heavy atom. The summed E-state index contributed by atoms with van der Waals surface area (Å²) in [5, 5.41) is 6.53. The summed E-state index contributed by atoms with van der Waals surface area (Å²) in [5.74, 6) is 1.87. The van der Waals surface area contributed by atoms with Crippen LogP contribution < -0.4 is 24.8 Å². The van der Waals surface area contributed by atoms with E-state index in [1.54, 1.807) is 37.4 Å². The third-order valence-electron chi connectivity index (χ3n) is 3.66. The molecule has 0 radical (unpaired) electrons. The lowest BCUT2D eigenvalue weighted by atomic mass is 10.2. The summed E-state index contributed by atoms with van der Waals surface area (Å²) in [4.78, 5) is 12.1. The van der Waals surface area contributed by atoms with Crippen LogP contribution in [0.3, 0.4) is 0 Å². The molecule has 0 aromatic heterocycles. The number of anilines is 2. The van der Waals surface area contributed by atoms with Gasteiger partial charge < -0.3 is 24.8 Å². The molecule has 1 heterocycles. The highest BCUT2D eigenvalue weighted by atomic mass is 35.5. The predicted octanol–water partition coefficient (Wildman–Crippen LogP) is 3.56. The number of hydrogen-bond acceptors (Lipinski definition) is 5. The molecule has 2 N–H and O–H groups in total. The van der Waals surface area contributed by atoms with E-state index in [2.05, 4.69) is 10.6 Å². The molecule has 2 aromatic carbocycles. The van der Waals surface area contributed by atoms with E-state index in [4.69, 9.17) is 25.8 Å². The molecular weight excluding hydrogens is 344 g/mol.